The smallest absolute Gasteiger partial charge is 0.155 e. The van der Waals surface area contributed by atoms with E-state index < -0.39 is 5.60 Å². The molecule has 0 aliphatic heterocycles. The van der Waals surface area contributed by atoms with Gasteiger partial charge in [-0.1, -0.05) is 25.3 Å². The molecule has 6 atom stereocenters. The van der Waals surface area contributed by atoms with Gasteiger partial charge in [-0.2, -0.15) is 0 Å². The lowest BCUT2D eigenvalue weighted by molar-refractivity contribution is -0.162. The summed E-state index contributed by atoms with van der Waals surface area (Å²) in [5.41, 5.74) is 0.541. The van der Waals surface area contributed by atoms with Crippen molar-refractivity contribution in [3.8, 4) is 12.3 Å². The molecule has 3 fully saturated rings. The first kappa shape index (κ1) is 16.4. The van der Waals surface area contributed by atoms with Crippen molar-refractivity contribution in [3.63, 3.8) is 0 Å². The first-order chi connectivity index (χ1) is 11.3. The second-order valence-corrected chi connectivity index (χ2v) is 9.32. The number of hydrogen-bond acceptors (Lipinski definition) is 2. The molecule has 3 unspecified atom stereocenters. The second kappa shape index (κ2) is 5.21. The molecule has 0 amide bonds. The van der Waals surface area contributed by atoms with E-state index >= 15 is 0 Å². The molecule has 0 bridgehead atoms. The molecule has 130 valence electrons. The fraction of sp³-hybridized carbons (Fsp3) is 0.773. The maximum absolute atomic E-state index is 11.9. The molecule has 4 aliphatic rings. The van der Waals surface area contributed by atoms with E-state index in [0.29, 0.717) is 30.0 Å². The van der Waals surface area contributed by atoms with E-state index in [4.69, 9.17) is 6.42 Å². The minimum atomic E-state index is -0.930. The highest BCUT2D eigenvalue weighted by molar-refractivity contribution is 5.91. The molecule has 0 saturated heterocycles. The third-order valence-electron chi connectivity index (χ3n) is 8.59. The Morgan fingerprint density at radius 2 is 1.92 bits per heavy atom. The Morgan fingerprint density at radius 1 is 1.12 bits per heavy atom. The van der Waals surface area contributed by atoms with Crippen LogP contribution in [-0.2, 0) is 4.79 Å². The van der Waals surface area contributed by atoms with Gasteiger partial charge in [0.1, 0.15) is 5.60 Å². The SMILES string of the molecule is C#CC1(O)CCCC2[C@@H]3CCC4=CC(=O)CC[C@]4(C)C3CC[C@@]21C. The Morgan fingerprint density at radius 3 is 2.67 bits per heavy atom. The van der Waals surface area contributed by atoms with Crippen molar-refractivity contribution in [1.82, 2.24) is 0 Å². The zero-order chi connectivity index (χ0) is 17.2. The quantitative estimate of drug-likeness (QED) is 0.675. The minimum Gasteiger partial charge on any atom is -0.377 e. The van der Waals surface area contributed by atoms with Crippen LogP contribution in [0.2, 0.25) is 0 Å². The molecule has 2 heteroatoms. The number of fused-ring (bicyclic) bond motifs is 5. The molecule has 0 aromatic carbocycles. The van der Waals surface area contributed by atoms with Crippen LogP contribution in [-0.4, -0.2) is 16.5 Å². The van der Waals surface area contributed by atoms with E-state index in [1.807, 2.05) is 6.08 Å². The number of aliphatic hydroxyl groups is 1. The van der Waals surface area contributed by atoms with E-state index in [1.54, 1.807) is 0 Å². The summed E-state index contributed by atoms with van der Waals surface area (Å²) in [5.74, 6) is 4.95. The van der Waals surface area contributed by atoms with E-state index in [0.717, 1.165) is 38.5 Å². The van der Waals surface area contributed by atoms with E-state index in [-0.39, 0.29) is 10.8 Å². The van der Waals surface area contributed by atoms with Crippen molar-refractivity contribution >= 4 is 5.78 Å². The number of carbonyl (C=O) groups is 1. The molecular formula is C22H30O2. The van der Waals surface area contributed by atoms with Gasteiger partial charge in [-0.05, 0) is 80.6 Å². The number of allylic oxidation sites excluding steroid dienone is 2. The van der Waals surface area contributed by atoms with Crippen LogP contribution in [0.4, 0.5) is 0 Å². The standard InChI is InChI=1S/C22H30O2/c1-4-22(24)11-5-6-19-17-8-7-15-14-16(23)9-12-20(15,2)18(17)10-13-21(19,22)3/h1,14,17-19,24H,5-13H2,2-3H3/t17-,18?,19?,20+,21+,22?/m1/s1. The zero-order valence-corrected chi connectivity index (χ0v) is 15.1. The van der Waals surface area contributed by atoms with Crippen LogP contribution in [0.15, 0.2) is 11.6 Å². The molecule has 0 heterocycles. The van der Waals surface area contributed by atoms with Crippen LogP contribution in [0.1, 0.15) is 71.6 Å². The van der Waals surface area contributed by atoms with Crippen molar-refractivity contribution < 1.29 is 9.90 Å². The molecule has 1 N–H and O–H groups in total. The number of terminal acetylenes is 1. The van der Waals surface area contributed by atoms with Gasteiger partial charge >= 0.3 is 0 Å². The van der Waals surface area contributed by atoms with Gasteiger partial charge < -0.3 is 5.11 Å². The highest BCUT2D eigenvalue weighted by atomic mass is 16.3. The van der Waals surface area contributed by atoms with Crippen molar-refractivity contribution in [3.05, 3.63) is 11.6 Å². The third-order valence-corrected chi connectivity index (χ3v) is 8.59. The number of carbonyl (C=O) groups excluding carboxylic acids is 1. The Hall–Kier alpha value is -1.07. The summed E-state index contributed by atoms with van der Waals surface area (Å²) in [6, 6.07) is 0. The average Bonchev–Trinajstić information content (AvgIpc) is 2.56. The molecule has 0 spiro atoms. The van der Waals surface area contributed by atoms with Crippen molar-refractivity contribution in [2.45, 2.75) is 77.2 Å². The van der Waals surface area contributed by atoms with Gasteiger partial charge in [0.15, 0.2) is 5.78 Å². The molecule has 0 aromatic heterocycles. The third kappa shape index (κ3) is 1.97. The zero-order valence-electron chi connectivity index (χ0n) is 15.1. The van der Waals surface area contributed by atoms with E-state index in [9.17, 15) is 9.90 Å². The normalized spacial score (nSPS) is 50.8. The Kier molecular flexibility index (Phi) is 3.56. The minimum absolute atomic E-state index is 0.136. The summed E-state index contributed by atoms with van der Waals surface area (Å²) in [6.07, 6.45) is 16.9. The van der Waals surface area contributed by atoms with Crippen LogP contribution in [0.5, 0.6) is 0 Å². The van der Waals surface area contributed by atoms with Gasteiger partial charge in [-0.25, -0.2) is 0 Å². The van der Waals surface area contributed by atoms with Gasteiger partial charge in [-0.15, -0.1) is 6.42 Å². The summed E-state index contributed by atoms with van der Waals surface area (Å²) in [7, 11) is 0. The fourth-order valence-corrected chi connectivity index (χ4v) is 7.03. The molecule has 4 aliphatic carbocycles. The highest BCUT2D eigenvalue weighted by Crippen LogP contribution is 2.66. The van der Waals surface area contributed by atoms with E-state index in [1.165, 1.54) is 18.4 Å². The summed E-state index contributed by atoms with van der Waals surface area (Å²) in [4.78, 5) is 11.9. The van der Waals surface area contributed by atoms with E-state index in [2.05, 4.69) is 19.8 Å². The summed E-state index contributed by atoms with van der Waals surface area (Å²) < 4.78 is 0. The number of ketones is 1. The molecule has 0 radical (unpaired) electrons. The number of rotatable bonds is 0. The first-order valence-electron chi connectivity index (χ1n) is 9.78. The van der Waals surface area contributed by atoms with Gasteiger partial charge in [0.2, 0.25) is 0 Å². The van der Waals surface area contributed by atoms with Gasteiger partial charge in [0, 0.05) is 11.8 Å². The van der Waals surface area contributed by atoms with Crippen LogP contribution in [0, 0.1) is 40.9 Å². The summed E-state index contributed by atoms with van der Waals surface area (Å²) in [6.45, 7) is 4.66. The maximum Gasteiger partial charge on any atom is 0.155 e. The Balaban J connectivity index is 1.71. The monoisotopic (exact) mass is 326 g/mol. The molecule has 4 rings (SSSR count). The Labute approximate surface area is 146 Å². The lowest BCUT2D eigenvalue weighted by Gasteiger charge is -2.63. The number of hydrogen-bond donors (Lipinski definition) is 1. The molecule has 2 nitrogen and oxygen atoms in total. The lowest BCUT2D eigenvalue weighted by atomic mass is 9.42. The van der Waals surface area contributed by atoms with Crippen LogP contribution >= 0.6 is 0 Å². The maximum atomic E-state index is 11.9. The lowest BCUT2D eigenvalue weighted by Crippen LogP contribution is -2.60. The highest BCUT2D eigenvalue weighted by Gasteiger charge is 2.61. The van der Waals surface area contributed by atoms with Crippen LogP contribution in [0.25, 0.3) is 0 Å². The van der Waals surface area contributed by atoms with Gasteiger partial charge in [0.05, 0.1) is 0 Å². The first-order valence-corrected chi connectivity index (χ1v) is 9.78. The largest absolute Gasteiger partial charge is 0.377 e. The topological polar surface area (TPSA) is 37.3 Å². The van der Waals surface area contributed by atoms with Gasteiger partial charge in [0.25, 0.3) is 0 Å². The molecule has 3 saturated carbocycles. The molecule has 0 aromatic rings. The van der Waals surface area contributed by atoms with Crippen molar-refractivity contribution in [2.75, 3.05) is 0 Å². The predicted octanol–water partition coefficient (Wildman–Crippen LogP) is 4.27. The Bertz CT molecular complexity index is 641. The fourth-order valence-electron chi connectivity index (χ4n) is 7.03. The molecule has 24 heavy (non-hydrogen) atoms. The predicted molar refractivity (Wildman–Crippen MR) is 95.1 cm³/mol. The summed E-state index contributed by atoms with van der Waals surface area (Å²) >= 11 is 0. The van der Waals surface area contributed by atoms with Gasteiger partial charge in [-0.3, -0.25) is 4.79 Å². The van der Waals surface area contributed by atoms with Crippen LogP contribution < -0.4 is 0 Å². The van der Waals surface area contributed by atoms with Crippen molar-refractivity contribution in [2.24, 2.45) is 28.6 Å². The average molecular weight is 326 g/mol. The van der Waals surface area contributed by atoms with Crippen molar-refractivity contribution in [1.29, 1.82) is 0 Å². The summed E-state index contributed by atoms with van der Waals surface area (Å²) in [5, 5.41) is 11.2. The second-order valence-electron chi connectivity index (χ2n) is 9.32. The van der Waals surface area contributed by atoms with Crippen LogP contribution in [0.3, 0.4) is 0 Å². The molecular weight excluding hydrogens is 296 g/mol.